The van der Waals surface area contributed by atoms with E-state index in [1.54, 1.807) is 12.1 Å². The number of hydrogen-bond acceptors (Lipinski definition) is 3. The minimum Gasteiger partial charge on any atom is -0.381 e. The Labute approximate surface area is 113 Å². The van der Waals surface area contributed by atoms with Crippen LogP contribution in [0, 0.1) is 5.82 Å². The predicted molar refractivity (Wildman–Crippen MR) is 71.8 cm³/mol. The van der Waals surface area contributed by atoms with Crippen LogP contribution >= 0.6 is 0 Å². The summed E-state index contributed by atoms with van der Waals surface area (Å²) in [5.41, 5.74) is 0.563. The van der Waals surface area contributed by atoms with E-state index in [1.165, 1.54) is 12.1 Å². The molecule has 4 heteroatoms. The third-order valence-corrected chi connectivity index (χ3v) is 3.89. The maximum Gasteiger partial charge on any atom is 0.179 e. The van der Waals surface area contributed by atoms with Crippen LogP contribution in [0.3, 0.4) is 0 Å². The Kier molecular flexibility index (Phi) is 4.66. The molecule has 0 amide bonds. The summed E-state index contributed by atoms with van der Waals surface area (Å²) in [5.74, 6) is -0.282. The van der Waals surface area contributed by atoms with Gasteiger partial charge in [0.15, 0.2) is 5.78 Å². The molecule has 0 N–H and O–H groups in total. The molecule has 0 aliphatic carbocycles. The lowest BCUT2D eigenvalue weighted by atomic mass is 10.0. The Morgan fingerprint density at radius 1 is 1.32 bits per heavy atom. The van der Waals surface area contributed by atoms with Crippen molar-refractivity contribution in [1.82, 2.24) is 4.90 Å². The smallest absolute Gasteiger partial charge is 0.179 e. The second-order valence-corrected chi connectivity index (χ2v) is 5.06. The zero-order valence-corrected chi connectivity index (χ0v) is 11.4. The molecule has 3 nitrogen and oxygen atoms in total. The highest BCUT2D eigenvalue weighted by Crippen LogP contribution is 2.17. The van der Waals surface area contributed by atoms with Gasteiger partial charge >= 0.3 is 0 Å². The summed E-state index contributed by atoms with van der Waals surface area (Å²) in [6, 6.07) is 5.93. The first-order valence-electron chi connectivity index (χ1n) is 6.69. The fourth-order valence-electron chi connectivity index (χ4n) is 2.45. The van der Waals surface area contributed by atoms with Crippen LogP contribution in [0.5, 0.6) is 0 Å². The normalized spacial score (nSPS) is 18.5. The monoisotopic (exact) mass is 265 g/mol. The zero-order chi connectivity index (χ0) is 13.8. The third-order valence-electron chi connectivity index (χ3n) is 3.89. The summed E-state index contributed by atoms with van der Waals surface area (Å²) in [6.45, 7) is 3.42. The number of ether oxygens (including phenoxy) is 1. The molecule has 1 aromatic rings. The molecule has 0 bridgehead atoms. The number of hydrogen-bond donors (Lipinski definition) is 0. The highest BCUT2D eigenvalue weighted by Gasteiger charge is 2.26. The lowest BCUT2D eigenvalue weighted by molar-refractivity contribution is 0.0301. The van der Waals surface area contributed by atoms with Gasteiger partial charge in [-0.3, -0.25) is 9.69 Å². The number of carbonyl (C=O) groups is 1. The van der Waals surface area contributed by atoms with Crippen LogP contribution < -0.4 is 0 Å². The first-order valence-corrected chi connectivity index (χ1v) is 6.69. The minimum absolute atomic E-state index is 0.0361. The number of ketones is 1. The topological polar surface area (TPSA) is 29.5 Å². The molecule has 1 aliphatic heterocycles. The van der Waals surface area contributed by atoms with E-state index in [0.29, 0.717) is 11.6 Å². The van der Waals surface area contributed by atoms with Crippen LogP contribution in [-0.4, -0.2) is 43.0 Å². The van der Waals surface area contributed by atoms with Crippen molar-refractivity contribution in [2.24, 2.45) is 0 Å². The molecule has 0 saturated carbocycles. The molecule has 1 fully saturated rings. The van der Waals surface area contributed by atoms with Gasteiger partial charge in [-0.25, -0.2) is 4.39 Å². The molecule has 0 radical (unpaired) electrons. The van der Waals surface area contributed by atoms with Crippen molar-refractivity contribution in [1.29, 1.82) is 0 Å². The molecular weight excluding hydrogens is 245 g/mol. The molecule has 1 aromatic carbocycles. The molecule has 1 saturated heterocycles. The summed E-state index contributed by atoms with van der Waals surface area (Å²) in [7, 11) is 1.97. The van der Waals surface area contributed by atoms with Gasteiger partial charge in [-0.05, 0) is 51.1 Å². The summed E-state index contributed by atoms with van der Waals surface area (Å²) < 4.78 is 18.2. The number of rotatable bonds is 4. The Morgan fingerprint density at radius 2 is 1.89 bits per heavy atom. The van der Waals surface area contributed by atoms with Crippen LogP contribution in [0.25, 0.3) is 0 Å². The molecule has 104 valence electrons. The van der Waals surface area contributed by atoms with Gasteiger partial charge in [0.25, 0.3) is 0 Å². The van der Waals surface area contributed by atoms with Crippen LogP contribution in [-0.2, 0) is 4.74 Å². The van der Waals surface area contributed by atoms with Crippen molar-refractivity contribution in [3.8, 4) is 0 Å². The molecule has 1 aliphatic rings. The van der Waals surface area contributed by atoms with Crippen molar-refractivity contribution in [2.75, 3.05) is 20.3 Å². The molecule has 2 rings (SSSR count). The molecule has 19 heavy (non-hydrogen) atoms. The summed E-state index contributed by atoms with van der Waals surface area (Å²) in [5, 5.41) is 0. The van der Waals surface area contributed by atoms with E-state index in [9.17, 15) is 9.18 Å². The van der Waals surface area contributed by atoms with E-state index >= 15 is 0 Å². The van der Waals surface area contributed by atoms with Crippen LogP contribution in [0.2, 0.25) is 0 Å². The molecule has 1 unspecified atom stereocenters. The maximum atomic E-state index is 12.9. The molecule has 1 heterocycles. The number of benzene rings is 1. The predicted octanol–water partition coefficient (Wildman–Crippen LogP) is 2.51. The van der Waals surface area contributed by atoms with Crippen LogP contribution in [0.4, 0.5) is 4.39 Å². The van der Waals surface area contributed by atoms with Crippen molar-refractivity contribution in [2.45, 2.75) is 31.8 Å². The Balaban J connectivity index is 2.03. The Morgan fingerprint density at radius 3 is 2.47 bits per heavy atom. The first kappa shape index (κ1) is 14.2. The van der Waals surface area contributed by atoms with Gasteiger partial charge in [0.1, 0.15) is 5.82 Å². The average molecular weight is 265 g/mol. The van der Waals surface area contributed by atoms with E-state index in [0.717, 1.165) is 26.1 Å². The summed E-state index contributed by atoms with van der Waals surface area (Å²) in [6.07, 6.45) is 1.91. The van der Waals surface area contributed by atoms with Crippen molar-refractivity contribution in [3.05, 3.63) is 35.6 Å². The van der Waals surface area contributed by atoms with Gasteiger partial charge in [-0.2, -0.15) is 0 Å². The number of Topliss-reactive ketones (excluding diaryl/α,β-unsaturated/α-hetero) is 1. The van der Waals surface area contributed by atoms with Crippen LogP contribution in [0.15, 0.2) is 24.3 Å². The van der Waals surface area contributed by atoms with Gasteiger partial charge in [-0.15, -0.1) is 0 Å². The largest absolute Gasteiger partial charge is 0.381 e. The number of likely N-dealkylation sites (N-methyl/N-ethyl adjacent to an activating group) is 1. The first-order chi connectivity index (χ1) is 9.09. The number of carbonyl (C=O) groups excluding carboxylic acids is 1. The molecule has 0 spiro atoms. The van der Waals surface area contributed by atoms with Gasteiger partial charge in [0, 0.05) is 24.8 Å². The second-order valence-electron chi connectivity index (χ2n) is 5.06. The van der Waals surface area contributed by atoms with Crippen LogP contribution in [0.1, 0.15) is 30.1 Å². The lowest BCUT2D eigenvalue weighted by Crippen LogP contribution is -2.45. The number of nitrogens with zero attached hydrogens (tertiary/aromatic N) is 1. The van der Waals surface area contributed by atoms with E-state index in [4.69, 9.17) is 4.74 Å². The fourth-order valence-corrected chi connectivity index (χ4v) is 2.45. The molecule has 0 aromatic heterocycles. The van der Waals surface area contributed by atoms with Crippen molar-refractivity contribution in [3.63, 3.8) is 0 Å². The highest BCUT2D eigenvalue weighted by atomic mass is 19.1. The molecule has 1 atom stereocenters. The van der Waals surface area contributed by atoms with Gasteiger partial charge in [-0.1, -0.05) is 0 Å². The lowest BCUT2D eigenvalue weighted by Gasteiger charge is -2.34. The Bertz CT molecular complexity index is 426. The SMILES string of the molecule is CC(C(=O)c1ccc(F)cc1)N(C)C1CCOCC1. The Hall–Kier alpha value is -1.26. The van der Waals surface area contributed by atoms with Gasteiger partial charge in [0.05, 0.1) is 6.04 Å². The molecular formula is C15H20FNO2. The maximum absolute atomic E-state index is 12.9. The minimum atomic E-state index is -0.318. The highest BCUT2D eigenvalue weighted by molar-refractivity contribution is 5.99. The van der Waals surface area contributed by atoms with Crippen molar-refractivity contribution < 1.29 is 13.9 Å². The van der Waals surface area contributed by atoms with E-state index in [1.807, 2.05) is 14.0 Å². The second kappa shape index (κ2) is 6.26. The number of halogens is 1. The van der Waals surface area contributed by atoms with E-state index in [-0.39, 0.29) is 17.6 Å². The third kappa shape index (κ3) is 3.39. The average Bonchev–Trinajstić information content (AvgIpc) is 2.46. The fraction of sp³-hybridized carbons (Fsp3) is 0.533. The standard InChI is InChI=1S/C15H20FNO2/c1-11(17(2)14-7-9-19-10-8-14)15(18)12-3-5-13(16)6-4-12/h3-6,11,14H,7-10H2,1-2H3. The summed E-state index contributed by atoms with van der Waals surface area (Å²) in [4.78, 5) is 14.5. The summed E-state index contributed by atoms with van der Waals surface area (Å²) >= 11 is 0. The van der Waals surface area contributed by atoms with Crippen molar-refractivity contribution >= 4 is 5.78 Å². The van der Waals surface area contributed by atoms with E-state index in [2.05, 4.69) is 4.90 Å². The van der Waals surface area contributed by atoms with E-state index < -0.39 is 0 Å². The zero-order valence-electron chi connectivity index (χ0n) is 11.4. The van der Waals surface area contributed by atoms with Gasteiger partial charge in [0.2, 0.25) is 0 Å². The quantitative estimate of drug-likeness (QED) is 0.783. The van der Waals surface area contributed by atoms with Gasteiger partial charge < -0.3 is 4.74 Å².